The number of hydrogen-bond acceptors (Lipinski definition) is 5. The maximum absolute atomic E-state index is 12.4. The molecule has 1 aliphatic rings. The Balaban J connectivity index is 1.28. The van der Waals surface area contributed by atoms with Crippen LogP contribution in [0.15, 0.2) is 59.6 Å². The first-order valence-electron chi connectivity index (χ1n) is 8.88. The molecule has 5 rings (SSSR count). The van der Waals surface area contributed by atoms with Crippen molar-refractivity contribution in [2.45, 2.75) is 25.4 Å². The molecule has 0 atom stereocenters. The van der Waals surface area contributed by atoms with Crippen LogP contribution in [-0.4, -0.2) is 25.4 Å². The number of imidazole rings is 1. The summed E-state index contributed by atoms with van der Waals surface area (Å²) in [7, 11) is 0. The third-order valence-electron chi connectivity index (χ3n) is 4.62. The van der Waals surface area contributed by atoms with E-state index in [9.17, 15) is 4.79 Å². The zero-order chi connectivity index (χ0) is 18.2. The molecule has 0 unspecified atom stereocenters. The zero-order valence-corrected chi connectivity index (χ0v) is 14.5. The van der Waals surface area contributed by atoms with Gasteiger partial charge in [-0.15, -0.1) is 0 Å². The van der Waals surface area contributed by atoms with Gasteiger partial charge in [-0.2, -0.15) is 0 Å². The molecule has 1 aromatic carbocycles. The summed E-state index contributed by atoms with van der Waals surface area (Å²) in [5.41, 5.74) is 3.61. The van der Waals surface area contributed by atoms with Gasteiger partial charge in [-0.1, -0.05) is 18.2 Å². The number of carbonyl (C=O) groups is 1. The SMILES string of the molecule is O=C(NCc1coc(-c2ccccc2)n1)c1cnc2c(c1)ncn2C1CC1. The molecule has 0 aliphatic heterocycles. The van der Waals surface area contributed by atoms with Crippen LogP contribution in [0.5, 0.6) is 0 Å². The van der Waals surface area contributed by atoms with Crippen molar-refractivity contribution in [1.82, 2.24) is 24.8 Å². The van der Waals surface area contributed by atoms with E-state index in [1.807, 2.05) is 30.3 Å². The van der Waals surface area contributed by atoms with Crippen LogP contribution < -0.4 is 5.32 Å². The number of hydrogen-bond donors (Lipinski definition) is 1. The Morgan fingerprint density at radius 2 is 2.07 bits per heavy atom. The van der Waals surface area contributed by atoms with Crippen molar-refractivity contribution in [3.8, 4) is 11.5 Å². The second-order valence-electron chi connectivity index (χ2n) is 6.64. The molecule has 7 heteroatoms. The predicted octanol–water partition coefficient (Wildman–Crippen LogP) is 3.35. The Kier molecular flexibility index (Phi) is 3.71. The fraction of sp³-hybridized carbons (Fsp3) is 0.200. The summed E-state index contributed by atoms with van der Waals surface area (Å²) in [6.07, 6.45) is 7.28. The van der Waals surface area contributed by atoms with Crippen molar-refractivity contribution in [2.75, 3.05) is 0 Å². The number of benzene rings is 1. The van der Waals surface area contributed by atoms with Gasteiger partial charge in [-0.05, 0) is 31.0 Å². The minimum absolute atomic E-state index is 0.213. The van der Waals surface area contributed by atoms with Gasteiger partial charge in [-0.3, -0.25) is 4.79 Å². The van der Waals surface area contributed by atoms with Gasteiger partial charge in [0.2, 0.25) is 5.89 Å². The summed E-state index contributed by atoms with van der Waals surface area (Å²) >= 11 is 0. The maximum Gasteiger partial charge on any atom is 0.253 e. The summed E-state index contributed by atoms with van der Waals surface area (Å²) in [5.74, 6) is 0.322. The van der Waals surface area contributed by atoms with Crippen LogP contribution in [0.1, 0.15) is 34.9 Å². The molecule has 0 saturated heterocycles. The van der Waals surface area contributed by atoms with Gasteiger partial charge in [0.1, 0.15) is 11.8 Å². The lowest BCUT2D eigenvalue weighted by molar-refractivity contribution is 0.0950. The molecule has 1 N–H and O–H groups in total. The topological polar surface area (TPSA) is 85.8 Å². The van der Waals surface area contributed by atoms with E-state index in [-0.39, 0.29) is 12.5 Å². The van der Waals surface area contributed by atoms with E-state index < -0.39 is 0 Å². The van der Waals surface area contributed by atoms with Crippen molar-refractivity contribution in [3.05, 3.63) is 66.4 Å². The highest BCUT2D eigenvalue weighted by molar-refractivity contribution is 5.96. The number of carbonyl (C=O) groups excluding carboxylic acids is 1. The number of pyridine rings is 1. The first kappa shape index (κ1) is 15.7. The molecular weight excluding hydrogens is 342 g/mol. The number of nitrogens with zero attached hydrogens (tertiary/aromatic N) is 4. The van der Waals surface area contributed by atoms with Crippen LogP contribution in [-0.2, 0) is 6.54 Å². The fourth-order valence-corrected chi connectivity index (χ4v) is 3.04. The third kappa shape index (κ3) is 3.08. The van der Waals surface area contributed by atoms with Crippen molar-refractivity contribution >= 4 is 17.1 Å². The van der Waals surface area contributed by atoms with Gasteiger partial charge >= 0.3 is 0 Å². The number of fused-ring (bicyclic) bond motifs is 1. The third-order valence-corrected chi connectivity index (χ3v) is 4.62. The summed E-state index contributed by atoms with van der Waals surface area (Å²) in [5, 5.41) is 2.85. The quantitative estimate of drug-likeness (QED) is 0.590. The van der Waals surface area contributed by atoms with Crippen molar-refractivity contribution < 1.29 is 9.21 Å². The van der Waals surface area contributed by atoms with E-state index in [1.165, 1.54) is 0 Å². The van der Waals surface area contributed by atoms with Gasteiger partial charge in [0, 0.05) is 17.8 Å². The molecule has 134 valence electrons. The average molecular weight is 359 g/mol. The normalized spacial score (nSPS) is 13.8. The molecular formula is C20H17N5O2. The number of aromatic nitrogens is 4. The molecule has 3 heterocycles. The van der Waals surface area contributed by atoms with E-state index in [1.54, 1.807) is 24.9 Å². The Morgan fingerprint density at radius 3 is 2.89 bits per heavy atom. The molecule has 1 aliphatic carbocycles. The highest BCUT2D eigenvalue weighted by atomic mass is 16.3. The van der Waals surface area contributed by atoms with E-state index in [0.717, 1.165) is 29.6 Å². The summed E-state index contributed by atoms with van der Waals surface area (Å²) in [4.78, 5) is 25.7. The van der Waals surface area contributed by atoms with Crippen LogP contribution >= 0.6 is 0 Å². The Bertz CT molecular complexity index is 1110. The Morgan fingerprint density at radius 1 is 1.22 bits per heavy atom. The standard InChI is InChI=1S/C20H17N5O2/c26-19(14-8-17-18(21-9-14)25(12-23-17)16-6-7-16)22-10-15-11-27-20(24-15)13-4-2-1-3-5-13/h1-5,8-9,11-12,16H,6-7,10H2,(H,22,26). The molecule has 4 aromatic rings. The lowest BCUT2D eigenvalue weighted by Gasteiger charge is -2.04. The van der Waals surface area contributed by atoms with Crippen molar-refractivity contribution in [2.24, 2.45) is 0 Å². The minimum Gasteiger partial charge on any atom is -0.444 e. The second-order valence-corrected chi connectivity index (χ2v) is 6.64. The monoisotopic (exact) mass is 359 g/mol. The average Bonchev–Trinajstić information content (AvgIpc) is 3.29. The Hall–Kier alpha value is -3.48. The lowest BCUT2D eigenvalue weighted by atomic mass is 10.2. The molecule has 1 saturated carbocycles. The first-order valence-corrected chi connectivity index (χ1v) is 8.88. The van der Waals surface area contributed by atoms with Crippen LogP contribution in [0.4, 0.5) is 0 Å². The first-order chi connectivity index (χ1) is 13.3. The zero-order valence-electron chi connectivity index (χ0n) is 14.5. The van der Waals surface area contributed by atoms with Crippen LogP contribution in [0.3, 0.4) is 0 Å². The summed E-state index contributed by atoms with van der Waals surface area (Å²) in [6.45, 7) is 0.281. The number of nitrogens with one attached hydrogen (secondary N) is 1. The largest absolute Gasteiger partial charge is 0.444 e. The summed E-state index contributed by atoms with van der Waals surface area (Å²) < 4.78 is 7.57. The molecule has 0 radical (unpaired) electrons. The van der Waals surface area contributed by atoms with Gasteiger partial charge in [0.15, 0.2) is 5.65 Å². The van der Waals surface area contributed by atoms with Gasteiger partial charge in [-0.25, -0.2) is 15.0 Å². The van der Waals surface area contributed by atoms with E-state index in [0.29, 0.717) is 23.2 Å². The molecule has 27 heavy (non-hydrogen) atoms. The van der Waals surface area contributed by atoms with E-state index in [4.69, 9.17) is 4.42 Å². The van der Waals surface area contributed by atoms with Crippen molar-refractivity contribution in [3.63, 3.8) is 0 Å². The van der Waals surface area contributed by atoms with E-state index >= 15 is 0 Å². The number of amides is 1. The van der Waals surface area contributed by atoms with Crippen LogP contribution in [0, 0.1) is 0 Å². The lowest BCUT2D eigenvalue weighted by Crippen LogP contribution is -2.23. The highest BCUT2D eigenvalue weighted by Crippen LogP contribution is 2.36. The van der Waals surface area contributed by atoms with Crippen LogP contribution in [0.2, 0.25) is 0 Å². The smallest absolute Gasteiger partial charge is 0.253 e. The van der Waals surface area contributed by atoms with Crippen LogP contribution in [0.25, 0.3) is 22.6 Å². The Labute approximate surface area is 155 Å². The van der Waals surface area contributed by atoms with Gasteiger partial charge in [0.25, 0.3) is 5.91 Å². The van der Waals surface area contributed by atoms with E-state index in [2.05, 4.69) is 24.8 Å². The molecule has 1 amide bonds. The fourth-order valence-electron chi connectivity index (χ4n) is 3.04. The maximum atomic E-state index is 12.4. The molecule has 7 nitrogen and oxygen atoms in total. The number of oxazole rings is 1. The molecule has 0 spiro atoms. The molecule has 0 bridgehead atoms. The summed E-state index contributed by atoms with van der Waals surface area (Å²) in [6, 6.07) is 11.9. The minimum atomic E-state index is -0.213. The van der Waals surface area contributed by atoms with Gasteiger partial charge < -0.3 is 14.3 Å². The van der Waals surface area contributed by atoms with Crippen molar-refractivity contribution in [1.29, 1.82) is 0 Å². The predicted molar refractivity (Wildman–Crippen MR) is 98.9 cm³/mol. The van der Waals surface area contributed by atoms with Gasteiger partial charge in [0.05, 0.1) is 24.1 Å². The molecule has 1 fully saturated rings. The second kappa shape index (κ2) is 6.35. The highest BCUT2D eigenvalue weighted by Gasteiger charge is 2.25. The molecule has 3 aromatic heterocycles. The number of rotatable bonds is 5.